The first-order valence-corrected chi connectivity index (χ1v) is 12.4. The van der Waals surface area contributed by atoms with Gasteiger partial charge in [0.2, 0.25) is 0 Å². The van der Waals surface area contributed by atoms with Gasteiger partial charge in [0, 0.05) is 17.1 Å². The molecule has 0 saturated carbocycles. The molecule has 0 aliphatic carbocycles. The molecule has 3 heterocycles. The number of para-hydroxylation sites is 4. The third-order valence-electron chi connectivity index (χ3n) is 4.42. The van der Waals surface area contributed by atoms with Crippen molar-refractivity contribution in [3.05, 3.63) is 88.4 Å². The van der Waals surface area contributed by atoms with Crippen LogP contribution >= 0.6 is 58.0 Å². The number of halogens is 5. The van der Waals surface area contributed by atoms with Crippen LogP contribution in [0, 0.1) is 12.5 Å². The number of aromatic amines is 1. The Balaban J connectivity index is 0.000000147. The molecular formula is C24H16Cl5N9. The fourth-order valence-electron chi connectivity index (χ4n) is 2.82. The van der Waals surface area contributed by atoms with E-state index in [4.69, 9.17) is 64.4 Å². The summed E-state index contributed by atoms with van der Waals surface area (Å²) in [6, 6.07) is 25.2. The van der Waals surface area contributed by atoms with Crippen LogP contribution in [0.1, 0.15) is 0 Å². The Labute approximate surface area is 241 Å². The van der Waals surface area contributed by atoms with Crippen LogP contribution in [0.2, 0.25) is 0 Å². The summed E-state index contributed by atoms with van der Waals surface area (Å²) < 4.78 is 2.98. The predicted octanol–water partition coefficient (Wildman–Crippen LogP) is 6.99. The third-order valence-corrected chi connectivity index (χ3v) is 5.67. The quantitative estimate of drug-likeness (QED) is 0.202. The van der Waals surface area contributed by atoms with E-state index in [-0.39, 0.29) is 4.49 Å². The Morgan fingerprint density at radius 3 is 1.71 bits per heavy atom. The SMILES string of the molecule is C#Cn1nnc2ccccc21.Cl/C=C(\Cl)n1nnc2ccccc21.ClC=C(Cl)Cl.c1ccc2n[nH]nc2c1. The second kappa shape index (κ2) is 14.9. The number of hydrogen-bond donors (Lipinski definition) is 1. The van der Waals surface area contributed by atoms with E-state index in [1.165, 1.54) is 14.9 Å². The van der Waals surface area contributed by atoms with E-state index in [1.54, 1.807) is 0 Å². The molecule has 14 heteroatoms. The van der Waals surface area contributed by atoms with Crippen molar-refractivity contribution in [2.24, 2.45) is 0 Å². The molecule has 6 aromatic rings. The van der Waals surface area contributed by atoms with Gasteiger partial charge in [0.25, 0.3) is 0 Å². The van der Waals surface area contributed by atoms with Gasteiger partial charge in [0.15, 0.2) is 0 Å². The zero-order valence-corrected chi connectivity index (χ0v) is 22.9. The normalized spacial score (nSPS) is 10.4. The van der Waals surface area contributed by atoms with Crippen molar-refractivity contribution in [2.75, 3.05) is 0 Å². The topological polar surface area (TPSA) is 103 Å². The second-order valence-electron chi connectivity index (χ2n) is 6.75. The van der Waals surface area contributed by atoms with Crippen molar-refractivity contribution in [3.63, 3.8) is 0 Å². The molecule has 3 aromatic heterocycles. The molecule has 0 unspecified atom stereocenters. The van der Waals surface area contributed by atoms with Crippen molar-refractivity contribution in [2.45, 2.75) is 0 Å². The number of H-pyrrole nitrogens is 1. The maximum Gasteiger partial charge on any atom is 0.144 e. The van der Waals surface area contributed by atoms with Gasteiger partial charge in [0.05, 0.1) is 5.52 Å². The summed E-state index contributed by atoms with van der Waals surface area (Å²) in [5.41, 5.74) is 7.49. The Hall–Kier alpha value is -3.65. The lowest BCUT2D eigenvalue weighted by Crippen LogP contribution is -1.92. The number of fused-ring (bicyclic) bond motifs is 3. The van der Waals surface area contributed by atoms with E-state index < -0.39 is 0 Å². The largest absolute Gasteiger partial charge is 0.200 e. The summed E-state index contributed by atoms with van der Waals surface area (Å²) in [4.78, 5) is 0. The fourth-order valence-corrected chi connectivity index (χ4v) is 3.04. The summed E-state index contributed by atoms with van der Waals surface area (Å²) in [5, 5.41) is 26.0. The molecule has 0 fully saturated rings. The van der Waals surface area contributed by atoms with Crippen molar-refractivity contribution in [3.8, 4) is 12.5 Å². The Kier molecular flexibility index (Phi) is 11.4. The summed E-state index contributed by atoms with van der Waals surface area (Å²) in [6.45, 7) is 0. The van der Waals surface area contributed by atoms with Crippen LogP contribution < -0.4 is 0 Å². The van der Waals surface area contributed by atoms with Gasteiger partial charge in [-0.3, -0.25) is 0 Å². The maximum atomic E-state index is 5.80. The minimum absolute atomic E-state index is 0.0895. The summed E-state index contributed by atoms with van der Waals surface area (Å²) in [6.07, 6.45) is 5.17. The van der Waals surface area contributed by atoms with Crippen LogP contribution in [0.25, 0.3) is 38.3 Å². The van der Waals surface area contributed by atoms with E-state index in [0.29, 0.717) is 5.16 Å². The van der Waals surface area contributed by atoms with Crippen molar-refractivity contribution < 1.29 is 0 Å². The molecule has 0 aliphatic heterocycles. The van der Waals surface area contributed by atoms with Gasteiger partial charge in [-0.25, -0.2) is 4.68 Å². The number of aromatic nitrogens is 9. The van der Waals surface area contributed by atoms with Crippen LogP contribution in [0.15, 0.2) is 88.4 Å². The van der Waals surface area contributed by atoms with E-state index in [1.807, 2.05) is 72.8 Å². The molecule has 6 rings (SSSR count). The molecule has 0 spiro atoms. The molecule has 0 atom stereocenters. The lowest BCUT2D eigenvalue weighted by molar-refractivity contribution is 0.849. The molecule has 0 amide bonds. The number of nitrogens with zero attached hydrogens (tertiary/aromatic N) is 8. The highest BCUT2D eigenvalue weighted by atomic mass is 35.5. The number of hydrogen-bond acceptors (Lipinski definition) is 6. The Bertz CT molecular complexity index is 1680. The number of benzene rings is 3. The third kappa shape index (κ3) is 7.92. The van der Waals surface area contributed by atoms with Gasteiger partial charge < -0.3 is 0 Å². The monoisotopic (exact) mass is 605 g/mol. The minimum atomic E-state index is 0.0895. The van der Waals surface area contributed by atoms with E-state index in [9.17, 15) is 0 Å². The second-order valence-corrected chi connectivity index (χ2v) is 8.58. The molecular weight excluding hydrogens is 592 g/mol. The lowest BCUT2D eigenvalue weighted by Gasteiger charge is -1.96. The zero-order chi connectivity index (χ0) is 27.3. The molecule has 3 aromatic carbocycles. The first-order chi connectivity index (χ1) is 18.5. The lowest BCUT2D eigenvalue weighted by atomic mass is 10.3. The van der Waals surface area contributed by atoms with Gasteiger partial charge in [-0.15, -0.1) is 10.2 Å². The van der Waals surface area contributed by atoms with Gasteiger partial charge in [-0.2, -0.15) is 20.1 Å². The average molecular weight is 608 g/mol. The number of rotatable bonds is 1. The van der Waals surface area contributed by atoms with Gasteiger partial charge in [0.1, 0.15) is 37.2 Å². The van der Waals surface area contributed by atoms with Crippen LogP contribution in [-0.2, 0) is 0 Å². The Morgan fingerprint density at radius 1 is 0.711 bits per heavy atom. The van der Waals surface area contributed by atoms with Crippen molar-refractivity contribution in [1.29, 1.82) is 0 Å². The maximum absolute atomic E-state index is 5.80. The molecule has 38 heavy (non-hydrogen) atoms. The first kappa shape index (κ1) is 28.9. The van der Waals surface area contributed by atoms with E-state index in [2.05, 4.69) is 42.1 Å². The van der Waals surface area contributed by atoms with Crippen molar-refractivity contribution in [1.82, 2.24) is 45.4 Å². The standard InChI is InChI=1S/C8H5Cl2N3.C8H5N3.C6H5N3.C2HCl3/c9-5-8(10)13-7-4-2-1-3-6(7)11-12-13;1-2-11-8-6-4-3-5-7(8)9-10-11;1-2-4-6-5(3-1)7-9-8-6;3-1-2(4)5/h1-5H;1,3-6H;1-4H,(H,7,8,9);1H/b8-5+;;;. The molecule has 0 bridgehead atoms. The van der Waals surface area contributed by atoms with Gasteiger partial charge in [-0.05, 0) is 36.4 Å². The molecule has 0 saturated heterocycles. The van der Waals surface area contributed by atoms with Crippen LogP contribution in [0.3, 0.4) is 0 Å². The Morgan fingerprint density at radius 2 is 1.18 bits per heavy atom. The summed E-state index contributed by atoms with van der Waals surface area (Å²) >= 11 is 26.1. The average Bonchev–Trinajstić information content (AvgIpc) is 3.71. The van der Waals surface area contributed by atoms with Crippen molar-refractivity contribution >= 4 is 96.3 Å². The van der Waals surface area contributed by atoms with E-state index in [0.717, 1.165) is 38.6 Å². The molecule has 0 radical (unpaired) electrons. The highest BCUT2D eigenvalue weighted by Gasteiger charge is 2.04. The minimum Gasteiger partial charge on any atom is -0.200 e. The predicted molar refractivity (Wildman–Crippen MR) is 155 cm³/mol. The highest BCUT2D eigenvalue weighted by Crippen LogP contribution is 2.17. The van der Waals surface area contributed by atoms with Crippen LogP contribution in [-0.4, -0.2) is 45.4 Å². The molecule has 1 N–H and O–H groups in total. The summed E-state index contributed by atoms with van der Waals surface area (Å²) in [5.74, 6) is 0. The number of nitrogens with one attached hydrogen (secondary N) is 1. The smallest absolute Gasteiger partial charge is 0.144 e. The van der Waals surface area contributed by atoms with E-state index >= 15 is 0 Å². The molecule has 0 aliphatic rings. The van der Waals surface area contributed by atoms with Gasteiger partial charge in [-0.1, -0.05) is 111 Å². The first-order valence-electron chi connectivity index (χ1n) is 10.4. The highest BCUT2D eigenvalue weighted by molar-refractivity contribution is 6.58. The number of terminal acetylenes is 1. The van der Waals surface area contributed by atoms with Crippen LogP contribution in [0.4, 0.5) is 0 Å². The fraction of sp³-hybridized carbons (Fsp3) is 0. The summed E-state index contributed by atoms with van der Waals surface area (Å²) in [7, 11) is 0. The molecule has 192 valence electrons. The van der Waals surface area contributed by atoms with Crippen LogP contribution in [0.5, 0.6) is 0 Å². The molecule has 9 nitrogen and oxygen atoms in total. The zero-order valence-electron chi connectivity index (χ0n) is 19.1. The van der Waals surface area contributed by atoms with Gasteiger partial charge >= 0.3 is 0 Å².